The Morgan fingerprint density at radius 2 is 2.17 bits per heavy atom. The van der Waals surface area contributed by atoms with Crippen LogP contribution < -0.4 is 5.73 Å². The SMILES string of the molecule is CC(=O)CCCCn1cc(-c2ccnc(N)n2)c2cc(Br)ncc21. The Bertz CT molecular complexity index is 890. The van der Waals surface area contributed by atoms with Crippen molar-refractivity contribution in [1.29, 1.82) is 0 Å². The first kappa shape index (κ1) is 16.6. The zero-order valence-electron chi connectivity index (χ0n) is 13.4. The summed E-state index contributed by atoms with van der Waals surface area (Å²) in [6.07, 6.45) is 8.01. The van der Waals surface area contributed by atoms with Crippen molar-refractivity contribution in [2.24, 2.45) is 0 Å². The van der Waals surface area contributed by atoms with E-state index in [2.05, 4.69) is 41.6 Å². The van der Waals surface area contributed by atoms with Gasteiger partial charge in [0.1, 0.15) is 10.4 Å². The van der Waals surface area contributed by atoms with Crippen molar-refractivity contribution in [1.82, 2.24) is 19.5 Å². The number of ketones is 1. The molecule has 0 bridgehead atoms. The van der Waals surface area contributed by atoms with Gasteiger partial charge in [-0.3, -0.25) is 0 Å². The molecule has 0 radical (unpaired) electrons. The van der Waals surface area contributed by atoms with Crippen LogP contribution in [0.4, 0.5) is 5.95 Å². The maximum atomic E-state index is 11.1. The maximum absolute atomic E-state index is 11.1. The lowest BCUT2D eigenvalue weighted by atomic mass is 10.1. The molecule has 2 N–H and O–H groups in total. The van der Waals surface area contributed by atoms with E-state index in [1.165, 1.54) is 0 Å². The van der Waals surface area contributed by atoms with Crippen LogP contribution in [0.1, 0.15) is 26.2 Å². The molecule has 3 aromatic rings. The number of aryl methyl sites for hydroxylation is 1. The average molecular weight is 388 g/mol. The van der Waals surface area contributed by atoms with Crippen LogP contribution in [0.3, 0.4) is 0 Å². The number of unbranched alkanes of at least 4 members (excludes halogenated alkanes) is 1. The molecule has 6 nitrogen and oxygen atoms in total. The molecule has 0 aromatic carbocycles. The van der Waals surface area contributed by atoms with Gasteiger partial charge in [-0.2, -0.15) is 0 Å². The number of fused-ring (bicyclic) bond motifs is 1. The van der Waals surface area contributed by atoms with E-state index in [0.717, 1.165) is 46.1 Å². The molecule has 0 saturated carbocycles. The summed E-state index contributed by atoms with van der Waals surface area (Å²) < 4.78 is 2.93. The molecule has 7 heteroatoms. The van der Waals surface area contributed by atoms with Crippen LogP contribution in [0.5, 0.6) is 0 Å². The Kier molecular flexibility index (Phi) is 4.89. The third-order valence-electron chi connectivity index (χ3n) is 3.86. The fourth-order valence-electron chi connectivity index (χ4n) is 2.73. The Labute approximate surface area is 148 Å². The van der Waals surface area contributed by atoms with Crippen LogP contribution in [0.25, 0.3) is 22.2 Å². The van der Waals surface area contributed by atoms with Crippen molar-refractivity contribution in [3.05, 3.63) is 35.3 Å². The van der Waals surface area contributed by atoms with Gasteiger partial charge in [0, 0.05) is 36.3 Å². The zero-order chi connectivity index (χ0) is 17.1. The summed E-state index contributed by atoms with van der Waals surface area (Å²) in [5, 5.41) is 1.06. The van der Waals surface area contributed by atoms with Gasteiger partial charge in [0.15, 0.2) is 0 Å². The summed E-state index contributed by atoms with van der Waals surface area (Å²) in [6, 6.07) is 3.83. The number of aromatic nitrogens is 4. The molecular weight excluding hydrogens is 370 g/mol. The summed E-state index contributed by atoms with van der Waals surface area (Å²) in [7, 11) is 0. The highest BCUT2D eigenvalue weighted by Gasteiger charge is 2.13. The number of nitrogens with two attached hydrogens (primary N) is 1. The fraction of sp³-hybridized carbons (Fsp3) is 0.294. The first-order valence-corrected chi connectivity index (χ1v) is 8.56. The van der Waals surface area contributed by atoms with Crippen molar-refractivity contribution >= 4 is 38.6 Å². The smallest absolute Gasteiger partial charge is 0.220 e. The summed E-state index contributed by atoms with van der Waals surface area (Å²) in [4.78, 5) is 23.7. The van der Waals surface area contributed by atoms with Gasteiger partial charge in [0.2, 0.25) is 5.95 Å². The fourth-order valence-corrected chi connectivity index (χ4v) is 3.06. The molecule has 24 heavy (non-hydrogen) atoms. The molecule has 0 fully saturated rings. The van der Waals surface area contributed by atoms with Crippen LogP contribution in [0, 0.1) is 0 Å². The van der Waals surface area contributed by atoms with Gasteiger partial charge in [-0.15, -0.1) is 0 Å². The van der Waals surface area contributed by atoms with Crippen molar-refractivity contribution in [2.45, 2.75) is 32.7 Å². The standard InChI is InChI=1S/C17H18BrN5O/c1-11(24)4-2-3-7-23-10-13(14-5-6-20-17(19)22-14)12-8-16(18)21-9-15(12)23/h5-6,8-10H,2-4,7H2,1H3,(H2,19,20,22). The second kappa shape index (κ2) is 7.09. The molecule has 3 rings (SSSR count). The number of Topliss-reactive ketones (excluding diaryl/α,β-unsaturated/α-hetero) is 1. The van der Waals surface area contributed by atoms with Crippen molar-refractivity contribution in [3.8, 4) is 11.3 Å². The Balaban J connectivity index is 1.97. The van der Waals surface area contributed by atoms with E-state index in [1.54, 1.807) is 13.1 Å². The van der Waals surface area contributed by atoms with E-state index in [4.69, 9.17) is 5.73 Å². The van der Waals surface area contributed by atoms with Gasteiger partial charge in [0.05, 0.1) is 17.4 Å². The number of hydrogen-bond acceptors (Lipinski definition) is 5. The molecule has 0 aliphatic heterocycles. The van der Waals surface area contributed by atoms with Gasteiger partial charge in [-0.05, 0) is 47.8 Å². The molecule has 0 aliphatic carbocycles. The third kappa shape index (κ3) is 3.62. The Hall–Kier alpha value is -2.28. The monoisotopic (exact) mass is 387 g/mol. The number of halogens is 1. The lowest BCUT2D eigenvalue weighted by Gasteiger charge is -2.04. The summed E-state index contributed by atoms with van der Waals surface area (Å²) >= 11 is 3.43. The molecular formula is C17H18BrN5O. The first-order chi connectivity index (χ1) is 11.5. The van der Waals surface area contributed by atoms with Crippen LogP contribution in [0.15, 0.2) is 35.3 Å². The van der Waals surface area contributed by atoms with Gasteiger partial charge in [-0.25, -0.2) is 15.0 Å². The Morgan fingerprint density at radius 3 is 2.92 bits per heavy atom. The van der Waals surface area contributed by atoms with Crippen LogP contribution in [0.2, 0.25) is 0 Å². The van der Waals surface area contributed by atoms with Crippen LogP contribution in [-0.4, -0.2) is 25.3 Å². The van der Waals surface area contributed by atoms with Crippen molar-refractivity contribution in [2.75, 3.05) is 5.73 Å². The number of hydrogen-bond donors (Lipinski definition) is 1. The highest BCUT2D eigenvalue weighted by atomic mass is 79.9. The zero-order valence-corrected chi connectivity index (χ0v) is 15.0. The molecule has 0 unspecified atom stereocenters. The average Bonchev–Trinajstić information content (AvgIpc) is 2.89. The van der Waals surface area contributed by atoms with Gasteiger partial charge in [-0.1, -0.05) is 0 Å². The van der Waals surface area contributed by atoms with E-state index in [1.807, 2.05) is 18.3 Å². The normalized spacial score (nSPS) is 11.1. The van der Waals surface area contributed by atoms with E-state index < -0.39 is 0 Å². The lowest BCUT2D eigenvalue weighted by Crippen LogP contribution is -1.98. The minimum absolute atomic E-state index is 0.232. The number of nitrogens with zero attached hydrogens (tertiary/aromatic N) is 4. The largest absolute Gasteiger partial charge is 0.368 e. The summed E-state index contributed by atoms with van der Waals surface area (Å²) in [6.45, 7) is 2.46. The molecule has 0 saturated heterocycles. The molecule has 0 amide bonds. The van der Waals surface area contributed by atoms with Gasteiger partial charge < -0.3 is 15.1 Å². The molecule has 124 valence electrons. The van der Waals surface area contributed by atoms with Crippen LogP contribution >= 0.6 is 15.9 Å². The Morgan fingerprint density at radius 1 is 1.33 bits per heavy atom. The first-order valence-electron chi connectivity index (χ1n) is 7.77. The molecule has 0 aliphatic rings. The topological polar surface area (TPSA) is 86.7 Å². The van der Waals surface area contributed by atoms with Gasteiger partial charge in [0.25, 0.3) is 0 Å². The van der Waals surface area contributed by atoms with Crippen molar-refractivity contribution in [3.63, 3.8) is 0 Å². The van der Waals surface area contributed by atoms with E-state index in [9.17, 15) is 4.79 Å². The minimum atomic E-state index is 0.232. The summed E-state index contributed by atoms with van der Waals surface area (Å²) in [5.41, 5.74) is 8.54. The molecule has 0 spiro atoms. The number of carbonyl (C=O) groups is 1. The van der Waals surface area contributed by atoms with E-state index in [0.29, 0.717) is 6.42 Å². The van der Waals surface area contributed by atoms with Crippen molar-refractivity contribution < 1.29 is 4.79 Å². The summed E-state index contributed by atoms with van der Waals surface area (Å²) in [5.74, 6) is 0.484. The van der Waals surface area contributed by atoms with E-state index >= 15 is 0 Å². The minimum Gasteiger partial charge on any atom is -0.368 e. The lowest BCUT2D eigenvalue weighted by molar-refractivity contribution is -0.117. The van der Waals surface area contributed by atoms with Crippen LogP contribution in [-0.2, 0) is 11.3 Å². The second-order valence-electron chi connectivity index (χ2n) is 5.72. The molecule has 3 heterocycles. The van der Waals surface area contributed by atoms with E-state index in [-0.39, 0.29) is 11.7 Å². The predicted octanol–water partition coefficient (Wildman–Crippen LogP) is 3.60. The number of nitrogen functional groups attached to an aromatic ring is 1. The highest BCUT2D eigenvalue weighted by Crippen LogP contribution is 2.31. The number of carbonyl (C=O) groups excluding carboxylic acids is 1. The second-order valence-corrected chi connectivity index (χ2v) is 6.53. The number of rotatable bonds is 6. The number of anilines is 1. The highest BCUT2D eigenvalue weighted by molar-refractivity contribution is 9.10. The quantitative estimate of drug-likeness (QED) is 0.515. The van der Waals surface area contributed by atoms with Gasteiger partial charge >= 0.3 is 0 Å². The molecule has 0 atom stereocenters. The third-order valence-corrected chi connectivity index (χ3v) is 4.30. The maximum Gasteiger partial charge on any atom is 0.220 e. The number of pyridine rings is 1. The molecule has 3 aromatic heterocycles. The predicted molar refractivity (Wildman–Crippen MR) is 97.4 cm³/mol.